The van der Waals surface area contributed by atoms with Gasteiger partial charge in [0.1, 0.15) is 0 Å². The fourth-order valence-corrected chi connectivity index (χ4v) is 4.21. The van der Waals surface area contributed by atoms with Crippen molar-refractivity contribution in [2.75, 3.05) is 18.9 Å². The molecule has 0 fully saturated rings. The molecule has 0 aliphatic carbocycles. The third-order valence-corrected chi connectivity index (χ3v) is 6.64. The number of anilines is 1. The Morgan fingerprint density at radius 1 is 0.897 bits per heavy atom. The Morgan fingerprint density at radius 2 is 1.55 bits per heavy atom. The molecule has 5 nitrogen and oxygen atoms in total. The van der Waals surface area contributed by atoms with Crippen LogP contribution in [0.1, 0.15) is 11.1 Å². The average Bonchev–Trinajstić information content (AvgIpc) is 2.71. The van der Waals surface area contributed by atoms with Gasteiger partial charge in [0.05, 0.1) is 11.4 Å². The van der Waals surface area contributed by atoms with Gasteiger partial charge in [-0.1, -0.05) is 54.6 Å². The molecule has 0 heterocycles. The molecule has 0 saturated carbocycles. The fourth-order valence-electron chi connectivity index (χ4n) is 2.99. The molecule has 0 aromatic heterocycles. The van der Waals surface area contributed by atoms with Gasteiger partial charge in [-0.2, -0.15) is 4.31 Å². The van der Waals surface area contributed by atoms with E-state index < -0.39 is 15.9 Å². The number of nitrogens with zero attached hydrogens (tertiary/aromatic N) is 1. The summed E-state index contributed by atoms with van der Waals surface area (Å²) < 4.78 is 26.7. The van der Waals surface area contributed by atoms with E-state index in [1.165, 1.54) is 7.05 Å². The zero-order chi connectivity index (χ0) is 21.0. The van der Waals surface area contributed by atoms with Crippen LogP contribution in [0.2, 0.25) is 0 Å². The normalized spacial score (nSPS) is 11.4. The molecule has 0 radical (unpaired) electrons. The van der Waals surface area contributed by atoms with Crippen LogP contribution in [0.5, 0.6) is 0 Å². The van der Waals surface area contributed by atoms with Crippen LogP contribution in [-0.4, -0.2) is 32.2 Å². The molecule has 6 heteroatoms. The number of sulfonamides is 1. The van der Waals surface area contributed by atoms with Crippen molar-refractivity contribution in [3.8, 4) is 11.1 Å². The highest BCUT2D eigenvalue weighted by atomic mass is 32.2. The summed E-state index contributed by atoms with van der Waals surface area (Å²) in [6, 6.07) is 22.1. The lowest BCUT2D eigenvalue weighted by Crippen LogP contribution is -2.35. The van der Waals surface area contributed by atoms with E-state index in [2.05, 4.69) is 5.32 Å². The third-order valence-electron chi connectivity index (χ3n) is 4.84. The minimum absolute atomic E-state index is 0.181. The number of carbonyl (C=O) groups is 1. The van der Waals surface area contributed by atoms with Crippen molar-refractivity contribution in [3.63, 3.8) is 0 Å². The number of amides is 1. The number of rotatable bonds is 6. The van der Waals surface area contributed by atoms with Crippen molar-refractivity contribution in [1.29, 1.82) is 0 Å². The maximum Gasteiger partial charge on any atom is 0.243 e. The molecule has 0 bridgehead atoms. The van der Waals surface area contributed by atoms with Gasteiger partial charge in [-0.05, 0) is 48.7 Å². The highest BCUT2D eigenvalue weighted by molar-refractivity contribution is 7.89. The van der Waals surface area contributed by atoms with E-state index in [0.717, 1.165) is 26.6 Å². The topological polar surface area (TPSA) is 66.5 Å². The zero-order valence-corrected chi connectivity index (χ0v) is 17.5. The van der Waals surface area contributed by atoms with Gasteiger partial charge in [0, 0.05) is 18.3 Å². The molecule has 3 aromatic rings. The predicted molar refractivity (Wildman–Crippen MR) is 116 cm³/mol. The first-order valence-corrected chi connectivity index (χ1v) is 10.7. The van der Waals surface area contributed by atoms with E-state index >= 15 is 0 Å². The summed E-state index contributed by atoms with van der Waals surface area (Å²) in [5.74, 6) is -0.400. The largest absolute Gasteiger partial charge is 0.324 e. The van der Waals surface area contributed by atoms with E-state index in [0.29, 0.717) is 5.69 Å². The first kappa shape index (κ1) is 20.8. The molecule has 3 rings (SSSR count). The maximum absolute atomic E-state index is 12.8. The molecule has 0 aliphatic heterocycles. The third kappa shape index (κ3) is 4.72. The van der Waals surface area contributed by atoms with Gasteiger partial charge >= 0.3 is 0 Å². The highest BCUT2D eigenvalue weighted by Crippen LogP contribution is 2.27. The van der Waals surface area contributed by atoms with Gasteiger partial charge in [0.25, 0.3) is 0 Å². The van der Waals surface area contributed by atoms with E-state index in [1.807, 2.05) is 62.4 Å². The Hall–Kier alpha value is -2.96. The standard InChI is InChI=1S/C23H24N2O3S/c1-17-13-14-20(15-18(17)2)29(27,28)25(3)16-23(26)24-22-12-8-7-11-21(22)19-9-5-4-6-10-19/h4-15H,16H2,1-3H3,(H,24,26). The Labute approximate surface area is 172 Å². The number of hydrogen-bond acceptors (Lipinski definition) is 3. The number of aryl methyl sites for hydroxylation is 2. The van der Waals surface area contributed by atoms with Crippen molar-refractivity contribution in [1.82, 2.24) is 4.31 Å². The lowest BCUT2D eigenvalue weighted by Gasteiger charge is -2.18. The van der Waals surface area contributed by atoms with Gasteiger partial charge in [0.2, 0.25) is 15.9 Å². The van der Waals surface area contributed by atoms with Crippen LogP contribution in [0.25, 0.3) is 11.1 Å². The van der Waals surface area contributed by atoms with Gasteiger partial charge in [-0.15, -0.1) is 0 Å². The molecule has 29 heavy (non-hydrogen) atoms. The molecule has 0 saturated heterocycles. The van der Waals surface area contributed by atoms with E-state index in [-0.39, 0.29) is 11.4 Å². The summed E-state index contributed by atoms with van der Waals surface area (Å²) >= 11 is 0. The van der Waals surface area contributed by atoms with Crippen LogP contribution >= 0.6 is 0 Å². The van der Waals surface area contributed by atoms with Gasteiger partial charge in [-0.3, -0.25) is 4.79 Å². The molecule has 1 N–H and O–H groups in total. The summed E-state index contributed by atoms with van der Waals surface area (Å²) in [5, 5.41) is 2.84. The Balaban J connectivity index is 1.77. The monoisotopic (exact) mass is 408 g/mol. The van der Waals surface area contributed by atoms with Gasteiger partial charge in [0.15, 0.2) is 0 Å². The van der Waals surface area contributed by atoms with Crippen LogP contribution in [0.4, 0.5) is 5.69 Å². The number of carbonyl (C=O) groups excluding carboxylic acids is 1. The van der Waals surface area contributed by atoms with E-state index in [9.17, 15) is 13.2 Å². The summed E-state index contributed by atoms with van der Waals surface area (Å²) in [4.78, 5) is 12.8. The van der Waals surface area contributed by atoms with Crippen LogP contribution in [0.15, 0.2) is 77.7 Å². The maximum atomic E-state index is 12.8. The summed E-state index contributed by atoms with van der Waals surface area (Å²) in [6.07, 6.45) is 0. The SMILES string of the molecule is Cc1ccc(S(=O)(=O)N(C)CC(=O)Nc2ccccc2-c2ccccc2)cc1C. The van der Waals surface area contributed by atoms with Crippen molar-refractivity contribution in [2.24, 2.45) is 0 Å². The molecule has 150 valence electrons. The fraction of sp³-hybridized carbons (Fsp3) is 0.174. The zero-order valence-electron chi connectivity index (χ0n) is 16.7. The van der Waals surface area contributed by atoms with Crippen LogP contribution in [-0.2, 0) is 14.8 Å². The lowest BCUT2D eigenvalue weighted by atomic mass is 10.0. The Bertz CT molecular complexity index is 1130. The summed E-state index contributed by atoms with van der Waals surface area (Å²) in [6.45, 7) is 3.51. The minimum atomic E-state index is -3.76. The second-order valence-corrected chi connectivity index (χ2v) is 9.01. The minimum Gasteiger partial charge on any atom is -0.324 e. The number of benzene rings is 3. The second kappa shape index (κ2) is 8.59. The summed E-state index contributed by atoms with van der Waals surface area (Å²) in [7, 11) is -2.35. The highest BCUT2D eigenvalue weighted by Gasteiger charge is 2.23. The molecular formula is C23H24N2O3S. The van der Waals surface area contributed by atoms with Crippen molar-refractivity contribution in [3.05, 3.63) is 83.9 Å². The van der Waals surface area contributed by atoms with E-state index in [1.54, 1.807) is 24.3 Å². The summed E-state index contributed by atoms with van der Waals surface area (Å²) in [5.41, 5.74) is 4.39. The average molecular weight is 409 g/mol. The Kier molecular flexibility index (Phi) is 6.15. The number of likely N-dealkylation sites (N-methyl/N-ethyl adjacent to an activating group) is 1. The van der Waals surface area contributed by atoms with Crippen molar-refractivity contribution < 1.29 is 13.2 Å². The van der Waals surface area contributed by atoms with Crippen molar-refractivity contribution in [2.45, 2.75) is 18.7 Å². The quantitative estimate of drug-likeness (QED) is 0.664. The lowest BCUT2D eigenvalue weighted by molar-refractivity contribution is -0.116. The smallest absolute Gasteiger partial charge is 0.243 e. The first-order valence-electron chi connectivity index (χ1n) is 9.27. The molecular weight excluding hydrogens is 384 g/mol. The first-order chi connectivity index (χ1) is 13.8. The molecule has 0 unspecified atom stereocenters. The molecule has 3 aromatic carbocycles. The van der Waals surface area contributed by atoms with E-state index in [4.69, 9.17) is 0 Å². The number of para-hydroxylation sites is 1. The van der Waals surface area contributed by atoms with Gasteiger partial charge < -0.3 is 5.32 Å². The number of nitrogens with one attached hydrogen (secondary N) is 1. The number of hydrogen-bond donors (Lipinski definition) is 1. The molecule has 0 atom stereocenters. The predicted octanol–water partition coefficient (Wildman–Crippen LogP) is 4.23. The van der Waals surface area contributed by atoms with Crippen LogP contribution in [0, 0.1) is 13.8 Å². The van der Waals surface area contributed by atoms with Gasteiger partial charge in [-0.25, -0.2) is 8.42 Å². The Morgan fingerprint density at radius 3 is 2.24 bits per heavy atom. The van der Waals surface area contributed by atoms with Crippen LogP contribution in [0.3, 0.4) is 0 Å². The molecule has 1 amide bonds. The molecule has 0 aliphatic rings. The van der Waals surface area contributed by atoms with Crippen molar-refractivity contribution >= 4 is 21.6 Å². The molecule has 0 spiro atoms. The van der Waals surface area contributed by atoms with Crippen LogP contribution < -0.4 is 5.32 Å². The second-order valence-electron chi connectivity index (χ2n) is 6.97.